The molecule has 4 saturated carbocycles. The van der Waals surface area contributed by atoms with Crippen molar-refractivity contribution in [1.29, 1.82) is 0 Å². The largest absolute Gasteiger partial charge is 0.445 e. The molecule has 23 heavy (non-hydrogen) atoms. The Balaban J connectivity index is 1.38. The molecule has 124 valence electrons. The number of benzene rings is 1. The van der Waals surface area contributed by atoms with Crippen LogP contribution in [0.2, 0.25) is 0 Å². The van der Waals surface area contributed by atoms with E-state index < -0.39 is 0 Å². The summed E-state index contributed by atoms with van der Waals surface area (Å²) in [5.74, 6) is 2.20. The average Bonchev–Trinajstić information content (AvgIpc) is 2.53. The summed E-state index contributed by atoms with van der Waals surface area (Å²) in [5, 5.41) is 6.77. The summed E-state index contributed by atoms with van der Waals surface area (Å²) >= 11 is 0. The van der Waals surface area contributed by atoms with Crippen LogP contribution in [0.4, 0.5) is 4.79 Å². The third-order valence-electron chi connectivity index (χ3n) is 6.19. The first kappa shape index (κ1) is 15.0. The second-order valence-electron chi connectivity index (χ2n) is 7.75. The van der Waals surface area contributed by atoms with Crippen molar-refractivity contribution in [3.8, 4) is 0 Å². The van der Waals surface area contributed by atoms with Crippen molar-refractivity contribution in [2.45, 2.75) is 50.3 Å². The van der Waals surface area contributed by atoms with Gasteiger partial charge in [-0.1, -0.05) is 30.3 Å². The SMILES string of the molecule is CNC1C2CC3CC1CC(NC(=O)OCc1ccccc1)(C3)C2. The monoisotopic (exact) mass is 314 g/mol. The molecular formula is C19H26N2O2. The van der Waals surface area contributed by atoms with E-state index in [9.17, 15) is 4.79 Å². The highest BCUT2D eigenvalue weighted by Gasteiger charge is 2.55. The van der Waals surface area contributed by atoms with Crippen molar-refractivity contribution >= 4 is 6.09 Å². The Hall–Kier alpha value is -1.55. The van der Waals surface area contributed by atoms with Gasteiger partial charge in [-0.15, -0.1) is 0 Å². The Morgan fingerprint density at radius 2 is 1.87 bits per heavy atom. The Kier molecular flexibility index (Phi) is 3.80. The van der Waals surface area contributed by atoms with E-state index in [-0.39, 0.29) is 11.6 Å². The fraction of sp³-hybridized carbons (Fsp3) is 0.632. The van der Waals surface area contributed by atoms with Crippen molar-refractivity contribution in [3.63, 3.8) is 0 Å². The summed E-state index contributed by atoms with van der Waals surface area (Å²) in [6, 6.07) is 10.5. The third-order valence-corrected chi connectivity index (χ3v) is 6.19. The van der Waals surface area contributed by atoms with Gasteiger partial charge in [0.05, 0.1) is 0 Å². The molecular weight excluding hydrogens is 288 g/mol. The van der Waals surface area contributed by atoms with E-state index in [4.69, 9.17) is 4.74 Å². The maximum Gasteiger partial charge on any atom is 0.407 e. The quantitative estimate of drug-likeness (QED) is 0.898. The van der Waals surface area contributed by atoms with E-state index in [0.717, 1.165) is 30.7 Å². The lowest BCUT2D eigenvalue weighted by atomic mass is 9.51. The predicted octanol–water partition coefficient (Wildman–Crippen LogP) is 3.08. The van der Waals surface area contributed by atoms with Crippen LogP contribution in [0.25, 0.3) is 0 Å². The zero-order valence-corrected chi connectivity index (χ0v) is 13.8. The molecule has 2 N–H and O–H groups in total. The van der Waals surface area contributed by atoms with E-state index in [2.05, 4.69) is 17.7 Å². The number of carbonyl (C=O) groups excluding carboxylic acids is 1. The first-order valence-corrected chi connectivity index (χ1v) is 8.83. The molecule has 0 heterocycles. The predicted molar refractivity (Wildman–Crippen MR) is 88.9 cm³/mol. The average molecular weight is 314 g/mol. The minimum atomic E-state index is -0.253. The number of hydrogen-bond acceptors (Lipinski definition) is 3. The standard InChI is InChI=1S/C19H26N2O2/c1-20-17-15-7-14-8-16(17)11-19(9-14,10-15)21-18(22)23-12-13-5-3-2-4-6-13/h2-6,14-17,20H,7-12H2,1H3,(H,21,22). The van der Waals surface area contributed by atoms with Gasteiger partial charge < -0.3 is 15.4 Å². The van der Waals surface area contributed by atoms with Crippen molar-refractivity contribution in [3.05, 3.63) is 35.9 Å². The van der Waals surface area contributed by atoms with Crippen LogP contribution in [0.5, 0.6) is 0 Å². The van der Waals surface area contributed by atoms with Gasteiger partial charge in [-0.2, -0.15) is 0 Å². The van der Waals surface area contributed by atoms with Gasteiger partial charge in [0.25, 0.3) is 0 Å². The zero-order valence-electron chi connectivity index (χ0n) is 13.8. The molecule has 2 unspecified atom stereocenters. The lowest BCUT2D eigenvalue weighted by Gasteiger charge is -2.59. The number of amides is 1. The second kappa shape index (κ2) is 5.82. The summed E-state index contributed by atoms with van der Waals surface area (Å²) in [6.07, 6.45) is 5.74. The van der Waals surface area contributed by atoms with Crippen LogP contribution in [-0.2, 0) is 11.3 Å². The molecule has 4 heteroatoms. The van der Waals surface area contributed by atoms with Crippen LogP contribution in [-0.4, -0.2) is 24.7 Å². The fourth-order valence-electron chi connectivity index (χ4n) is 5.62. The van der Waals surface area contributed by atoms with Gasteiger partial charge in [0.15, 0.2) is 0 Å². The second-order valence-corrected chi connectivity index (χ2v) is 7.75. The number of alkyl carbamates (subject to hydrolysis) is 1. The van der Waals surface area contributed by atoms with Crippen molar-refractivity contribution in [2.24, 2.45) is 17.8 Å². The van der Waals surface area contributed by atoms with Crippen LogP contribution >= 0.6 is 0 Å². The Morgan fingerprint density at radius 1 is 1.17 bits per heavy atom. The van der Waals surface area contributed by atoms with Crippen molar-refractivity contribution < 1.29 is 9.53 Å². The molecule has 4 aliphatic rings. The van der Waals surface area contributed by atoms with Gasteiger partial charge in [0, 0.05) is 11.6 Å². The Morgan fingerprint density at radius 3 is 2.52 bits per heavy atom. The molecule has 4 bridgehead atoms. The first-order chi connectivity index (χ1) is 11.2. The van der Waals surface area contributed by atoms with Crippen LogP contribution in [0.15, 0.2) is 30.3 Å². The molecule has 4 aliphatic carbocycles. The van der Waals surface area contributed by atoms with Gasteiger partial charge >= 0.3 is 6.09 Å². The lowest BCUT2D eigenvalue weighted by Crippen LogP contribution is -2.65. The number of rotatable bonds is 4. The molecule has 2 atom stereocenters. The van der Waals surface area contributed by atoms with Gasteiger partial charge in [-0.3, -0.25) is 0 Å². The summed E-state index contributed by atoms with van der Waals surface area (Å²) < 4.78 is 5.45. The molecule has 0 spiro atoms. The molecule has 4 nitrogen and oxygen atoms in total. The highest BCUT2D eigenvalue weighted by Crippen LogP contribution is 2.55. The highest BCUT2D eigenvalue weighted by atomic mass is 16.5. The number of carbonyl (C=O) groups is 1. The van der Waals surface area contributed by atoms with Crippen molar-refractivity contribution in [1.82, 2.24) is 10.6 Å². The summed E-state index contributed by atoms with van der Waals surface area (Å²) in [5.41, 5.74) is 1.01. The highest BCUT2D eigenvalue weighted by molar-refractivity contribution is 5.68. The van der Waals surface area contributed by atoms with Crippen molar-refractivity contribution in [2.75, 3.05) is 7.05 Å². The number of nitrogens with one attached hydrogen (secondary N) is 2. The van der Waals surface area contributed by atoms with Crippen LogP contribution < -0.4 is 10.6 Å². The maximum atomic E-state index is 12.3. The smallest absolute Gasteiger partial charge is 0.407 e. The van der Waals surface area contributed by atoms with Gasteiger partial charge in [0.2, 0.25) is 0 Å². The third kappa shape index (κ3) is 2.85. The number of ether oxygens (including phenoxy) is 1. The van der Waals surface area contributed by atoms with Crippen LogP contribution in [0.1, 0.15) is 37.7 Å². The minimum absolute atomic E-state index is 0.0162. The topological polar surface area (TPSA) is 50.4 Å². The van der Waals surface area contributed by atoms with Gasteiger partial charge in [0.1, 0.15) is 6.61 Å². The van der Waals surface area contributed by atoms with Gasteiger partial charge in [-0.25, -0.2) is 4.79 Å². The fourth-order valence-corrected chi connectivity index (χ4v) is 5.62. The van der Waals surface area contributed by atoms with E-state index in [1.54, 1.807) is 0 Å². The summed E-state index contributed by atoms with van der Waals surface area (Å²) in [6.45, 7) is 0.345. The molecule has 4 fully saturated rings. The normalized spacial score (nSPS) is 37.6. The minimum Gasteiger partial charge on any atom is -0.445 e. The van der Waals surface area contributed by atoms with E-state index in [1.165, 1.54) is 12.8 Å². The van der Waals surface area contributed by atoms with E-state index >= 15 is 0 Å². The first-order valence-electron chi connectivity index (χ1n) is 8.83. The van der Waals surface area contributed by atoms with E-state index in [1.807, 2.05) is 30.3 Å². The number of hydrogen-bond donors (Lipinski definition) is 2. The molecule has 1 aromatic rings. The molecule has 0 aromatic heterocycles. The van der Waals surface area contributed by atoms with Gasteiger partial charge in [-0.05, 0) is 62.5 Å². The Bertz CT molecular complexity index is 558. The molecule has 1 amide bonds. The van der Waals surface area contributed by atoms with Crippen LogP contribution in [0.3, 0.4) is 0 Å². The lowest BCUT2D eigenvalue weighted by molar-refractivity contribution is -0.0434. The molecule has 0 saturated heterocycles. The summed E-state index contributed by atoms with van der Waals surface area (Å²) in [4.78, 5) is 12.3. The molecule has 0 aliphatic heterocycles. The molecule has 0 radical (unpaired) electrons. The summed E-state index contributed by atoms with van der Waals surface area (Å²) in [7, 11) is 2.08. The Labute approximate surface area is 138 Å². The van der Waals surface area contributed by atoms with Crippen LogP contribution in [0, 0.1) is 17.8 Å². The molecule has 1 aromatic carbocycles. The molecule has 5 rings (SSSR count). The zero-order chi connectivity index (χ0) is 15.9. The maximum absolute atomic E-state index is 12.3. The van der Waals surface area contributed by atoms with E-state index in [0.29, 0.717) is 24.5 Å².